The van der Waals surface area contributed by atoms with Crippen LogP contribution in [0.15, 0.2) is 231 Å². The molecule has 5 heterocycles. The van der Waals surface area contributed by atoms with Crippen LogP contribution < -0.4 is 24.4 Å². The molecule has 0 saturated heterocycles. The number of aromatic nitrogens is 4. The van der Waals surface area contributed by atoms with Gasteiger partial charge in [0.2, 0.25) is 0 Å². The van der Waals surface area contributed by atoms with Gasteiger partial charge in [0.15, 0.2) is 0 Å². The largest absolute Gasteiger partial charge is 0.458 e. The number of para-hydroxylation sites is 4. The highest BCUT2D eigenvalue weighted by Crippen LogP contribution is 2.55. The summed E-state index contributed by atoms with van der Waals surface area (Å²) in [5, 5.41) is 2.30. The van der Waals surface area contributed by atoms with Crippen LogP contribution in [0.2, 0.25) is 0 Å². The molecule has 7 nitrogen and oxygen atoms in total. The van der Waals surface area contributed by atoms with Crippen molar-refractivity contribution in [2.24, 2.45) is 0 Å². The van der Waals surface area contributed by atoms with Gasteiger partial charge in [0.1, 0.15) is 22.8 Å². The van der Waals surface area contributed by atoms with Gasteiger partial charge >= 0.3 is 6.98 Å². The first-order chi connectivity index (χ1) is 35.4. The van der Waals surface area contributed by atoms with Crippen molar-refractivity contribution in [1.29, 1.82) is 0 Å². The van der Waals surface area contributed by atoms with E-state index in [0.29, 0.717) is 5.75 Å². The number of anilines is 4. The molecule has 342 valence electrons. The molecule has 2 aliphatic rings. The maximum absolute atomic E-state index is 7.22. The van der Waals surface area contributed by atoms with Crippen LogP contribution in [0.4, 0.5) is 22.7 Å². The van der Waals surface area contributed by atoms with Gasteiger partial charge in [-0.3, -0.25) is 13.7 Å². The standard InChI is InChI=1S/C64H47BN6O/c1-64(2,3)45-36-37-66-60(38-45)69-54-31-17-16-28-52(54)53-35-34-48(39-57(53)69)72-49-40-58-63-59(41-49)70(47-26-14-7-15-27-47)65(46-24-12-6-13-25-46)71(63)56-33-19-32-55-62(56)68(58)42-67(55)61-50(43-20-8-4-9-21-43)29-18-30-51(61)44-22-10-5-11-23-44/h4-41H,1-3H3. The van der Waals surface area contributed by atoms with Gasteiger partial charge in [-0.25, -0.2) is 4.98 Å². The zero-order valence-corrected chi connectivity index (χ0v) is 40.1. The van der Waals surface area contributed by atoms with E-state index in [1.807, 2.05) is 6.20 Å². The Morgan fingerprint density at radius 1 is 0.528 bits per heavy atom. The Hall–Kier alpha value is -9.14. The summed E-state index contributed by atoms with van der Waals surface area (Å²) in [6.45, 7) is 6.51. The number of benzene rings is 9. The Bertz CT molecular complexity index is 4010. The number of hydrogen-bond donors (Lipinski definition) is 0. The lowest BCUT2D eigenvalue weighted by atomic mass is 9.64. The molecule has 0 aliphatic carbocycles. The van der Waals surface area contributed by atoms with Gasteiger partial charge in [-0.05, 0) is 93.3 Å². The normalized spacial score (nSPS) is 12.8. The van der Waals surface area contributed by atoms with Crippen LogP contribution in [-0.2, 0) is 5.41 Å². The summed E-state index contributed by atoms with van der Waals surface area (Å²) < 4.78 is 14.1. The van der Waals surface area contributed by atoms with Crippen molar-refractivity contribution in [3.63, 3.8) is 0 Å². The summed E-state index contributed by atoms with van der Waals surface area (Å²) in [4.78, 5) is 9.96. The molecular weight excluding hydrogens is 880 g/mol. The zero-order chi connectivity index (χ0) is 48.1. The first kappa shape index (κ1) is 41.8. The van der Waals surface area contributed by atoms with Crippen molar-refractivity contribution in [3.8, 4) is 50.9 Å². The summed E-state index contributed by atoms with van der Waals surface area (Å²) >= 11 is 0. The average molecular weight is 927 g/mol. The van der Waals surface area contributed by atoms with Crippen LogP contribution >= 0.6 is 0 Å². The first-order valence-electron chi connectivity index (χ1n) is 24.7. The van der Waals surface area contributed by atoms with Crippen LogP contribution in [0.5, 0.6) is 11.5 Å². The van der Waals surface area contributed by atoms with E-state index < -0.39 is 0 Å². The molecule has 3 aromatic heterocycles. The van der Waals surface area contributed by atoms with Gasteiger partial charge < -0.3 is 14.4 Å². The van der Waals surface area contributed by atoms with Crippen LogP contribution in [0.25, 0.3) is 72.3 Å². The molecule has 72 heavy (non-hydrogen) atoms. The topological polar surface area (TPSA) is 42.3 Å². The van der Waals surface area contributed by atoms with E-state index in [2.05, 4.69) is 275 Å². The van der Waals surface area contributed by atoms with Crippen LogP contribution in [0, 0.1) is 6.33 Å². The SMILES string of the molecule is CC(C)(C)c1ccnc(-n2c3ccccc3c3ccc(Oc4cc5c6c(c4)-n4[c-][n+](-c7c(-c8ccccc8)cccc7-c7ccccc7)c7cccc(c74)N6B(c4ccccc4)N5c4ccccc4)cc32)c1. The molecule has 0 unspecified atom stereocenters. The maximum atomic E-state index is 7.22. The Kier molecular flexibility index (Phi) is 9.42. The summed E-state index contributed by atoms with van der Waals surface area (Å²) in [6, 6.07) is 80.1. The van der Waals surface area contributed by atoms with Gasteiger partial charge in [0.25, 0.3) is 6.33 Å². The molecule has 14 rings (SSSR count). The van der Waals surface area contributed by atoms with Gasteiger partial charge in [0, 0.05) is 40.5 Å². The Balaban J connectivity index is 1.02. The quantitative estimate of drug-likeness (QED) is 0.0865. The second-order valence-corrected chi connectivity index (χ2v) is 19.8. The highest BCUT2D eigenvalue weighted by atomic mass is 16.5. The summed E-state index contributed by atoms with van der Waals surface area (Å²) in [5.74, 6) is 2.31. The lowest BCUT2D eigenvalue weighted by Crippen LogP contribution is -2.53. The van der Waals surface area contributed by atoms with Crippen molar-refractivity contribution in [2.75, 3.05) is 9.62 Å². The molecule has 0 N–H and O–H groups in total. The summed E-state index contributed by atoms with van der Waals surface area (Å²) in [7, 11) is 0. The molecule has 0 amide bonds. The average Bonchev–Trinajstić information content (AvgIpc) is 4.10. The van der Waals surface area contributed by atoms with E-state index in [1.165, 1.54) is 11.0 Å². The fourth-order valence-electron chi connectivity index (χ4n) is 11.2. The van der Waals surface area contributed by atoms with Crippen molar-refractivity contribution in [1.82, 2.24) is 14.1 Å². The third-order valence-corrected chi connectivity index (χ3v) is 14.5. The van der Waals surface area contributed by atoms with Crippen LogP contribution in [0.1, 0.15) is 26.3 Å². The number of hydrogen-bond acceptors (Lipinski definition) is 4. The second-order valence-electron chi connectivity index (χ2n) is 19.8. The number of ether oxygens (including phenoxy) is 1. The second kappa shape index (κ2) is 16.2. The Morgan fingerprint density at radius 3 is 1.89 bits per heavy atom. The van der Waals surface area contributed by atoms with Gasteiger partial charge in [-0.2, -0.15) is 0 Å². The molecule has 0 radical (unpaired) electrons. The van der Waals surface area contributed by atoms with Crippen molar-refractivity contribution in [3.05, 3.63) is 243 Å². The first-order valence-corrected chi connectivity index (χ1v) is 24.7. The predicted octanol–water partition coefficient (Wildman–Crippen LogP) is 14.6. The van der Waals surface area contributed by atoms with E-state index in [-0.39, 0.29) is 12.4 Å². The van der Waals surface area contributed by atoms with E-state index in [9.17, 15) is 0 Å². The monoisotopic (exact) mass is 926 g/mol. The fraction of sp³-hybridized carbons (Fsp3) is 0.0625. The molecule has 0 saturated carbocycles. The Morgan fingerprint density at radius 2 is 1.17 bits per heavy atom. The van der Waals surface area contributed by atoms with Crippen LogP contribution in [-0.4, -0.2) is 21.1 Å². The number of nitrogens with zero attached hydrogens (tertiary/aromatic N) is 6. The maximum Gasteiger partial charge on any atom is 0.419 e. The number of imidazole rings is 1. The molecule has 8 heteroatoms. The summed E-state index contributed by atoms with van der Waals surface area (Å²) in [6.07, 6.45) is 5.93. The highest BCUT2D eigenvalue weighted by Gasteiger charge is 2.48. The zero-order valence-electron chi connectivity index (χ0n) is 40.1. The molecule has 9 aromatic carbocycles. The third kappa shape index (κ3) is 6.52. The van der Waals surface area contributed by atoms with Crippen LogP contribution in [0.3, 0.4) is 0 Å². The third-order valence-electron chi connectivity index (χ3n) is 14.5. The molecule has 0 atom stereocenters. The fourth-order valence-corrected chi connectivity index (χ4v) is 11.2. The number of pyridine rings is 1. The minimum absolute atomic E-state index is 0.0424. The molecule has 0 spiro atoms. The number of rotatable bonds is 8. The van der Waals surface area contributed by atoms with Gasteiger partial charge in [-0.1, -0.05) is 178 Å². The van der Waals surface area contributed by atoms with E-state index >= 15 is 0 Å². The minimum atomic E-state index is -0.222. The smallest absolute Gasteiger partial charge is 0.419 e. The van der Waals surface area contributed by atoms with E-state index in [1.54, 1.807) is 0 Å². The minimum Gasteiger partial charge on any atom is -0.458 e. The van der Waals surface area contributed by atoms with Crippen molar-refractivity contribution >= 4 is 68.0 Å². The molecule has 12 aromatic rings. The molecule has 0 bridgehead atoms. The van der Waals surface area contributed by atoms with Crippen molar-refractivity contribution < 1.29 is 9.30 Å². The summed E-state index contributed by atoms with van der Waals surface area (Å²) in [5.41, 5.74) is 17.4. The number of fused-ring (bicyclic) bond motifs is 5. The highest BCUT2D eigenvalue weighted by molar-refractivity contribution is 6.85. The van der Waals surface area contributed by atoms with Gasteiger partial charge in [-0.15, -0.1) is 0 Å². The molecule has 2 aliphatic heterocycles. The van der Waals surface area contributed by atoms with Crippen molar-refractivity contribution in [2.45, 2.75) is 26.2 Å². The lowest BCUT2D eigenvalue weighted by molar-refractivity contribution is -0.571. The lowest BCUT2D eigenvalue weighted by Gasteiger charge is -2.33. The van der Waals surface area contributed by atoms with Gasteiger partial charge in [0.05, 0.1) is 39.3 Å². The van der Waals surface area contributed by atoms with E-state index in [0.717, 1.165) is 101 Å². The molecule has 0 fully saturated rings. The van der Waals surface area contributed by atoms with E-state index in [4.69, 9.17) is 9.72 Å². The Labute approximate surface area is 418 Å². The molecular formula is C64H47BN6O. The predicted molar refractivity (Wildman–Crippen MR) is 294 cm³/mol.